The molecule has 0 saturated carbocycles. The van der Waals surface area contributed by atoms with Crippen LogP contribution in [0.2, 0.25) is 0 Å². The van der Waals surface area contributed by atoms with Crippen molar-refractivity contribution in [3.8, 4) is 5.75 Å². The highest BCUT2D eigenvalue weighted by molar-refractivity contribution is 5.61. The van der Waals surface area contributed by atoms with Crippen LogP contribution in [-0.2, 0) is 0 Å². The fourth-order valence-electron chi connectivity index (χ4n) is 2.56. The van der Waals surface area contributed by atoms with Gasteiger partial charge in [-0.05, 0) is 29.7 Å². The van der Waals surface area contributed by atoms with E-state index in [-0.39, 0.29) is 5.82 Å². The number of ether oxygens (including phenoxy) is 1. The largest absolute Gasteiger partial charge is 0.485 e. The lowest BCUT2D eigenvalue weighted by Crippen LogP contribution is -2.39. The topological polar surface area (TPSA) is 68.5 Å². The molecule has 0 aromatic carbocycles. The van der Waals surface area contributed by atoms with Crippen molar-refractivity contribution in [3.05, 3.63) is 21.7 Å². The van der Waals surface area contributed by atoms with Gasteiger partial charge in [0.1, 0.15) is 6.61 Å². The summed E-state index contributed by atoms with van der Waals surface area (Å²) in [6.45, 7) is 7.39. The van der Waals surface area contributed by atoms with Crippen molar-refractivity contribution in [2.24, 2.45) is 0 Å². The number of nitrogens with zero attached hydrogens (tertiary/aromatic N) is 3. The van der Waals surface area contributed by atoms with E-state index in [1.165, 1.54) is 6.07 Å². The first-order chi connectivity index (χ1) is 9.16. The summed E-state index contributed by atoms with van der Waals surface area (Å²) in [7, 11) is 0. The van der Waals surface area contributed by atoms with Crippen molar-refractivity contribution < 1.29 is 9.66 Å². The maximum atomic E-state index is 10.8. The minimum absolute atomic E-state index is 0.0996. The van der Waals surface area contributed by atoms with Crippen molar-refractivity contribution in [2.75, 3.05) is 18.1 Å². The van der Waals surface area contributed by atoms with Gasteiger partial charge in [0.25, 0.3) is 5.82 Å². The number of rotatable bonds is 1. The Bertz CT molecular complexity index is 490. The molecule has 19 heavy (non-hydrogen) atoms. The number of hydrogen-bond acceptors (Lipinski definition) is 5. The highest BCUT2D eigenvalue weighted by atomic mass is 16.6. The Kier molecular flexibility index (Phi) is 3.87. The van der Waals surface area contributed by atoms with Crippen molar-refractivity contribution in [1.82, 2.24) is 4.98 Å². The van der Waals surface area contributed by atoms with Crippen LogP contribution < -0.4 is 9.64 Å². The summed E-state index contributed by atoms with van der Waals surface area (Å²) < 4.78 is 5.68. The zero-order chi connectivity index (χ0) is 14.0. The predicted molar refractivity (Wildman–Crippen MR) is 72.8 cm³/mol. The van der Waals surface area contributed by atoms with Crippen LogP contribution in [0.25, 0.3) is 0 Å². The van der Waals surface area contributed by atoms with Crippen molar-refractivity contribution in [2.45, 2.75) is 39.7 Å². The van der Waals surface area contributed by atoms with Crippen LogP contribution in [0.4, 0.5) is 11.6 Å². The Morgan fingerprint density at radius 2 is 2.26 bits per heavy atom. The number of anilines is 1. The van der Waals surface area contributed by atoms with E-state index in [9.17, 15) is 10.1 Å². The minimum Gasteiger partial charge on any atom is -0.485 e. The smallest absolute Gasteiger partial charge is 0.366 e. The normalized spacial score (nSPS) is 19.7. The third-order valence-corrected chi connectivity index (χ3v) is 3.38. The van der Waals surface area contributed by atoms with Crippen LogP contribution in [0.5, 0.6) is 5.75 Å². The highest BCUT2D eigenvalue weighted by Crippen LogP contribution is 2.39. The zero-order valence-corrected chi connectivity index (χ0v) is 11.5. The summed E-state index contributed by atoms with van der Waals surface area (Å²) >= 11 is 0. The van der Waals surface area contributed by atoms with E-state index in [2.05, 4.69) is 9.88 Å². The molecule has 6 nitrogen and oxygen atoms in total. The molecule has 0 unspecified atom stereocenters. The first-order valence-corrected chi connectivity index (χ1v) is 6.72. The molecule has 6 heteroatoms. The second-order valence-corrected chi connectivity index (χ2v) is 4.51. The molecule has 3 heterocycles. The summed E-state index contributed by atoms with van der Waals surface area (Å²) in [5.74, 6) is 1.25. The standard InChI is InChI=1S/C11H13N3O3.C2H6/c1-7-5-9(14(15)16)12-11-10(7)17-6-8-3-2-4-13(8)11;1-2/h5,8H,2-4,6H2,1H3;1-2H3/t8-;/m0./s1. The van der Waals surface area contributed by atoms with E-state index < -0.39 is 4.92 Å². The van der Waals surface area contributed by atoms with Crippen LogP contribution in [0.15, 0.2) is 6.07 Å². The molecule has 0 spiro atoms. The second kappa shape index (κ2) is 5.42. The first kappa shape index (κ1) is 13.6. The van der Waals surface area contributed by atoms with Gasteiger partial charge in [0.05, 0.1) is 6.04 Å². The van der Waals surface area contributed by atoms with Crippen molar-refractivity contribution in [3.63, 3.8) is 0 Å². The van der Waals surface area contributed by atoms with Gasteiger partial charge in [0.15, 0.2) is 5.75 Å². The zero-order valence-electron chi connectivity index (χ0n) is 11.5. The monoisotopic (exact) mass is 265 g/mol. The highest BCUT2D eigenvalue weighted by Gasteiger charge is 2.37. The molecule has 1 atom stereocenters. The molecule has 0 aliphatic carbocycles. The van der Waals surface area contributed by atoms with Gasteiger partial charge in [-0.1, -0.05) is 13.8 Å². The van der Waals surface area contributed by atoms with Crippen molar-refractivity contribution in [1.29, 1.82) is 0 Å². The summed E-state index contributed by atoms with van der Waals surface area (Å²) in [4.78, 5) is 16.6. The fraction of sp³-hybridized carbons (Fsp3) is 0.615. The van der Waals surface area contributed by atoms with Gasteiger partial charge in [0.2, 0.25) is 0 Å². The van der Waals surface area contributed by atoms with Crippen LogP contribution in [0.1, 0.15) is 32.3 Å². The molecule has 1 aromatic rings. The Hall–Kier alpha value is -1.85. The Balaban J connectivity index is 0.000000637. The van der Waals surface area contributed by atoms with Crippen LogP contribution >= 0.6 is 0 Å². The molecule has 2 aliphatic heterocycles. The quantitative estimate of drug-likeness (QED) is 0.577. The molecule has 0 bridgehead atoms. The van der Waals surface area contributed by atoms with Crippen molar-refractivity contribution >= 4 is 11.6 Å². The van der Waals surface area contributed by atoms with E-state index >= 15 is 0 Å². The number of aryl methyl sites for hydroxylation is 1. The number of hydrogen-bond donors (Lipinski definition) is 0. The molecule has 1 saturated heterocycles. The van der Waals surface area contributed by atoms with Gasteiger partial charge in [-0.2, -0.15) is 0 Å². The summed E-state index contributed by atoms with van der Waals surface area (Å²) in [5, 5.41) is 10.8. The van der Waals surface area contributed by atoms with E-state index in [1.807, 2.05) is 20.8 Å². The third-order valence-electron chi connectivity index (χ3n) is 3.38. The second-order valence-electron chi connectivity index (χ2n) is 4.51. The third kappa shape index (κ3) is 2.34. The van der Waals surface area contributed by atoms with E-state index in [0.29, 0.717) is 24.2 Å². The van der Waals surface area contributed by atoms with E-state index in [0.717, 1.165) is 24.9 Å². The van der Waals surface area contributed by atoms with Gasteiger partial charge in [-0.3, -0.25) is 0 Å². The molecule has 1 aromatic heterocycles. The average Bonchev–Trinajstić information content (AvgIpc) is 2.89. The average molecular weight is 265 g/mol. The maximum Gasteiger partial charge on any atom is 0.366 e. The first-order valence-electron chi connectivity index (χ1n) is 6.72. The van der Waals surface area contributed by atoms with E-state index in [4.69, 9.17) is 4.74 Å². The maximum absolute atomic E-state index is 10.8. The number of pyridine rings is 1. The fourth-order valence-corrected chi connectivity index (χ4v) is 2.56. The van der Waals surface area contributed by atoms with Gasteiger partial charge in [-0.15, -0.1) is 0 Å². The lowest BCUT2D eigenvalue weighted by Gasteiger charge is -2.30. The number of fused-ring (bicyclic) bond motifs is 3. The Labute approximate surface area is 112 Å². The lowest BCUT2D eigenvalue weighted by molar-refractivity contribution is -0.389. The van der Waals surface area contributed by atoms with E-state index in [1.54, 1.807) is 0 Å². The van der Waals surface area contributed by atoms with Crippen LogP contribution in [-0.4, -0.2) is 29.1 Å². The molecule has 0 N–H and O–H groups in total. The molecule has 1 fully saturated rings. The number of nitro groups is 1. The molecular formula is C13H19N3O3. The summed E-state index contributed by atoms with van der Waals surface area (Å²) in [5.41, 5.74) is 0.784. The minimum atomic E-state index is -0.451. The van der Waals surface area contributed by atoms with Gasteiger partial charge in [-0.25, -0.2) is 0 Å². The SMILES string of the molecule is CC.Cc1cc([N+](=O)[O-])nc2c1OC[C@@H]1CCCN21. The number of aromatic nitrogens is 1. The molecular weight excluding hydrogens is 246 g/mol. The summed E-state index contributed by atoms with van der Waals surface area (Å²) in [6, 6.07) is 1.80. The molecule has 0 amide bonds. The Morgan fingerprint density at radius 3 is 2.95 bits per heavy atom. The summed E-state index contributed by atoms with van der Waals surface area (Å²) in [6.07, 6.45) is 2.17. The Morgan fingerprint density at radius 1 is 1.53 bits per heavy atom. The predicted octanol–water partition coefficient (Wildman–Crippen LogP) is 2.69. The van der Waals surface area contributed by atoms with Gasteiger partial charge < -0.3 is 19.8 Å². The lowest BCUT2D eigenvalue weighted by atomic mass is 10.2. The molecule has 0 radical (unpaired) electrons. The molecule has 2 aliphatic rings. The molecule has 104 valence electrons. The van der Waals surface area contributed by atoms with Gasteiger partial charge in [0, 0.05) is 18.2 Å². The molecule has 3 rings (SSSR count). The van der Waals surface area contributed by atoms with Gasteiger partial charge >= 0.3 is 5.82 Å². The van der Waals surface area contributed by atoms with Crippen LogP contribution in [0, 0.1) is 17.0 Å². The van der Waals surface area contributed by atoms with Crippen LogP contribution in [0.3, 0.4) is 0 Å².